The summed E-state index contributed by atoms with van der Waals surface area (Å²) in [6.45, 7) is 2.08. The summed E-state index contributed by atoms with van der Waals surface area (Å²) in [5, 5.41) is 0. The predicted octanol–water partition coefficient (Wildman–Crippen LogP) is 5.37. The Morgan fingerprint density at radius 3 is 1.20 bits per heavy atom. The molecule has 0 atom stereocenters. The molecule has 0 heterocycles. The summed E-state index contributed by atoms with van der Waals surface area (Å²) in [7, 11) is -10.7. The van der Waals surface area contributed by atoms with Crippen LogP contribution in [0, 0.1) is 6.92 Å². The van der Waals surface area contributed by atoms with Gasteiger partial charge >= 0.3 is 55.4 Å². The minimum absolute atomic E-state index is 0. The quantitative estimate of drug-likeness (QED) is 0.337. The second-order valence-electron chi connectivity index (χ2n) is 2.61. The van der Waals surface area contributed by atoms with Crippen LogP contribution in [0.4, 0.5) is 25.2 Å². The molecule has 0 saturated heterocycles. The van der Waals surface area contributed by atoms with E-state index in [1.165, 1.54) is 5.56 Å². The first-order valence-corrected chi connectivity index (χ1v) is 5.45. The maximum absolute atomic E-state index is 10.7. The van der Waals surface area contributed by atoms with Crippen LogP contribution in [-0.2, 0) is 22.4 Å². The number of hydrogen-bond acceptors (Lipinski definition) is 0. The molecule has 0 radical (unpaired) electrons. The first kappa shape index (κ1) is 17.4. The fraction of sp³-hybridized carbons (Fsp3) is 0.143. The maximum atomic E-state index is 9.87. The minimum atomic E-state index is -10.7. The van der Waals surface area contributed by atoms with Gasteiger partial charge in [-0.2, -0.15) is 0 Å². The normalized spacial score (nSPS) is 14.9. The molecule has 1 aromatic carbocycles. The maximum Gasteiger partial charge on any atom is 1.00 e. The monoisotopic (exact) mass is 344 g/mol. The summed E-state index contributed by atoms with van der Waals surface area (Å²) in [6, 6.07) is 10.3. The van der Waals surface area contributed by atoms with Crippen molar-refractivity contribution in [2.24, 2.45) is 0 Å². The second-order valence-corrected chi connectivity index (χ2v) is 4.53. The first-order valence-electron chi connectivity index (χ1n) is 3.42. The predicted molar refractivity (Wildman–Crippen MR) is 44.7 cm³/mol. The van der Waals surface area contributed by atoms with E-state index in [0.717, 1.165) is 0 Å². The van der Waals surface area contributed by atoms with Crippen molar-refractivity contribution in [3.05, 3.63) is 35.9 Å². The molecule has 94 valence electrons. The summed E-state index contributed by atoms with van der Waals surface area (Å²) in [4.78, 5) is 0. The van der Waals surface area contributed by atoms with E-state index < -0.39 is 7.81 Å². The number of halogens is 6. The van der Waals surface area contributed by atoms with Crippen molar-refractivity contribution >= 4 is 7.81 Å². The molecule has 0 nitrogen and oxygen atoms in total. The average molecular weight is 345 g/mol. The Morgan fingerprint density at radius 1 is 0.800 bits per heavy atom. The van der Waals surface area contributed by atoms with Gasteiger partial charge in [0.1, 0.15) is 0 Å². The summed E-state index contributed by atoms with van der Waals surface area (Å²) in [6.07, 6.45) is 0. The number of hydrogen-bond donors (Lipinski definition) is 0. The van der Waals surface area contributed by atoms with Gasteiger partial charge in [-0.3, -0.25) is 0 Å². The Labute approximate surface area is 98.4 Å². The zero-order chi connectivity index (χ0) is 11.5. The molecule has 15 heavy (non-hydrogen) atoms. The summed E-state index contributed by atoms with van der Waals surface area (Å²) in [5.74, 6) is 0. The molecule has 0 fully saturated rings. The van der Waals surface area contributed by atoms with Crippen molar-refractivity contribution < 1.29 is 47.6 Å². The Balaban J connectivity index is 0. The third kappa shape index (κ3) is 31.5. The van der Waals surface area contributed by atoms with Gasteiger partial charge in [-0.25, -0.2) is 0 Å². The van der Waals surface area contributed by atoms with Crippen molar-refractivity contribution in [1.29, 1.82) is 0 Å². The minimum Gasteiger partial charge on any atom is 1.00 e. The van der Waals surface area contributed by atoms with Crippen LogP contribution in [0.15, 0.2) is 30.3 Å². The van der Waals surface area contributed by atoms with Gasteiger partial charge in [0.15, 0.2) is 0 Å². The van der Waals surface area contributed by atoms with Gasteiger partial charge in [0.05, 0.1) is 0 Å². The van der Waals surface area contributed by atoms with Crippen LogP contribution in [0.5, 0.6) is 0 Å². The molecule has 0 N–H and O–H groups in total. The van der Waals surface area contributed by atoms with E-state index in [-0.39, 0.29) is 22.4 Å². The number of aryl methyl sites for hydroxylation is 1. The molecule has 8 heteroatoms. The molecule has 1 aromatic rings. The molecule has 0 amide bonds. The number of benzene rings is 1. The van der Waals surface area contributed by atoms with Gasteiger partial charge in [0.25, 0.3) is 0 Å². The molecule has 0 aliphatic carbocycles. The van der Waals surface area contributed by atoms with E-state index in [9.17, 15) is 25.2 Å². The fourth-order valence-electron chi connectivity index (χ4n) is 0.534. The van der Waals surface area contributed by atoms with Gasteiger partial charge in [-0.15, -0.1) is 0 Å². The molecular formula is C7H8AgF6P. The average Bonchev–Trinajstić information content (AvgIpc) is 1.81. The van der Waals surface area contributed by atoms with E-state index in [1.54, 1.807) is 0 Å². The molecule has 0 aliphatic rings. The molecule has 0 bridgehead atoms. The van der Waals surface area contributed by atoms with Crippen LogP contribution >= 0.6 is 7.81 Å². The van der Waals surface area contributed by atoms with Crippen LogP contribution in [0.25, 0.3) is 0 Å². The van der Waals surface area contributed by atoms with Gasteiger partial charge in [0, 0.05) is 0 Å². The van der Waals surface area contributed by atoms with Gasteiger partial charge in [-0.05, 0) is 6.92 Å². The zero-order valence-corrected chi connectivity index (χ0v) is 9.78. The summed E-state index contributed by atoms with van der Waals surface area (Å²) < 4.78 is 59.2. The Morgan fingerprint density at radius 2 is 1.07 bits per heavy atom. The molecular weight excluding hydrogens is 337 g/mol. The largest absolute Gasteiger partial charge is 1.00 e. The second kappa shape index (κ2) is 4.45. The Kier molecular flexibility index (Phi) is 5.16. The molecule has 0 unspecified atom stereocenters. The first-order chi connectivity index (χ1) is 5.84. The SMILES string of the molecule is Cc1ccccc1.F[P-](F)(F)(F)(F)F.[Ag+]. The van der Waals surface area contributed by atoms with Crippen LogP contribution in [0.3, 0.4) is 0 Å². The standard InChI is InChI=1S/C7H8.Ag.F6P/c1-7-5-3-2-4-6-7;;1-7(2,3,4,5)6/h2-6H,1H3;;/q;+1;-1. The van der Waals surface area contributed by atoms with Crippen LogP contribution < -0.4 is 0 Å². The zero-order valence-electron chi connectivity index (χ0n) is 7.40. The van der Waals surface area contributed by atoms with Crippen molar-refractivity contribution in [1.82, 2.24) is 0 Å². The third-order valence-corrected chi connectivity index (χ3v) is 0.940. The van der Waals surface area contributed by atoms with Gasteiger partial charge in [-0.1, -0.05) is 35.9 Å². The third-order valence-electron chi connectivity index (χ3n) is 0.940. The van der Waals surface area contributed by atoms with Crippen molar-refractivity contribution in [2.45, 2.75) is 6.92 Å². The molecule has 0 aromatic heterocycles. The summed E-state index contributed by atoms with van der Waals surface area (Å²) in [5.41, 5.74) is 1.32. The van der Waals surface area contributed by atoms with E-state index in [0.29, 0.717) is 0 Å². The Hall–Kier alpha value is -0.0297. The van der Waals surface area contributed by atoms with Crippen molar-refractivity contribution in [3.63, 3.8) is 0 Å². The van der Waals surface area contributed by atoms with Crippen LogP contribution in [-0.4, -0.2) is 0 Å². The van der Waals surface area contributed by atoms with E-state index in [2.05, 4.69) is 19.1 Å². The summed E-state index contributed by atoms with van der Waals surface area (Å²) >= 11 is 0. The fourth-order valence-corrected chi connectivity index (χ4v) is 0.534. The van der Waals surface area contributed by atoms with E-state index in [4.69, 9.17) is 0 Å². The van der Waals surface area contributed by atoms with Gasteiger partial charge in [0.2, 0.25) is 0 Å². The van der Waals surface area contributed by atoms with E-state index >= 15 is 0 Å². The molecule has 0 aliphatic heterocycles. The molecule has 0 spiro atoms. The van der Waals surface area contributed by atoms with Crippen LogP contribution in [0.2, 0.25) is 0 Å². The smallest absolute Gasteiger partial charge is 1.00 e. The van der Waals surface area contributed by atoms with Crippen molar-refractivity contribution in [2.75, 3.05) is 0 Å². The molecule has 1 rings (SSSR count). The van der Waals surface area contributed by atoms with Crippen molar-refractivity contribution in [3.8, 4) is 0 Å². The number of rotatable bonds is 0. The topological polar surface area (TPSA) is 0 Å². The molecule has 0 saturated carbocycles. The van der Waals surface area contributed by atoms with Crippen LogP contribution in [0.1, 0.15) is 5.56 Å². The Bertz CT molecular complexity index is 279. The van der Waals surface area contributed by atoms with E-state index in [1.807, 2.05) is 18.2 Å². The van der Waals surface area contributed by atoms with Gasteiger partial charge < -0.3 is 0 Å².